The minimum atomic E-state index is -0.170. The van der Waals surface area contributed by atoms with Gasteiger partial charge in [-0.3, -0.25) is 4.79 Å². The van der Waals surface area contributed by atoms with Gasteiger partial charge in [0.25, 0.3) is 0 Å². The van der Waals surface area contributed by atoms with E-state index < -0.39 is 0 Å². The van der Waals surface area contributed by atoms with E-state index in [1.54, 1.807) is 14.0 Å². The Kier molecular flexibility index (Phi) is 3.35. The Hall–Kier alpha value is -1.12. The Labute approximate surface area is 54.3 Å². The van der Waals surface area contributed by atoms with Crippen LogP contribution in [0.2, 0.25) is 0 Å². The molecule has 0 heterocycles. The maximum Gasteiger partial charge on any atom is 0.244 e. The molecule has 0 unspecified atom stereocenters. The number of hydrogen-bond acceptors (Lipinski definition) is 2. The van der Waals surface area contributed by atoms with E-state index in [1.807, 2.05) is 0 Å². The first-order valence-electron chi connectivity index (χ1n) is 2.61. The van der Waals surface area contributed by atoms with E-state index in [0.29, 0.717) is 5.57 Å². The van der Waals surface area contributed by atoms with Gasteiger partial charge >= 0.3 is 0 Å². The lowest BCUT2D eigenvalue weighted by Crippen LogP contribution is -2.14. The molecule has 3 heteroatoms. The third kappa shape index (κ3) is 3.46. The highest BCUT2D eigenvalue weighted by atomic mass is 16.1. The van der Waals surface area contributed by atoms with Crippen LogP contribution in [-0.4, -0.2) is 19.2 Å². The van der Waals surface area contributed by atoms with Crippen LogP contribution >= 0.6 is 0 Å². The van der Waals surface area contributed by atoms with Crippen LogP contribution in [0, 0.1) is 5.41 Å². The minimum Gasteiger partial charge on any atom is -0.356 e. The fourth-order valence-electron chi connectivity index (χ4n) is 0.321. The summed E-state index contributed by atoms with van der Waals surface area (Å²) in [4.78, 5) is 10.5. The van der Waals surface area contributed by atoms with E-state index in [0.717, 1.165) is 6.21 Å². The van der Waals surface area contributed by atoms with E-state index in [4.69, 9.17) is 5.41 Å². The molecular weight excluding hydrogens is 116 g/mol. The van der Waals surface area contributed by atoms with Crippen LogP contribution in [0.3, 0.4) is 0 Å². The van der Waals surface area contributed by atoms with Crippen LogP contribution in [0.1, 0.15) is 6.92 Å². The molecule has 0 aromatic carbocycles. The zero-order valence-corrected chi connectivity index (χ0v) is 5.56. The van der Waals surface area contributed by atoms with Crippen molar-refractivity contribution in [2.75, 3.05) is 7.05 Å². The largest absolute Gasteiger partial charge is 0.356 e. The molecule has 0 aliphatic carbocycles. The van der Waals surface area contributed by atoms with Crippen molar-refractivity contribution in [3.05, 3.63) is 11.6 Å². The fourth-order valence-corrected chi connectivity index (χ4v) is 0.321. The summed E-state index contributed by atoms with van der Waals surface area (Å²) in [5.74, 6) is -0.170. The third-order valence-electron chi connectivity index (χ3n) is 0.833. The first-order chi connectivity index (χ1) is 4.20. The standard InChI is InChI=1S/C6H10N2O/c1-5(4-7)3-6(9)8-2/h3-4,7H,1-2H3,(H,8,9)/b5-3-,7-4?. The van der Waals surface area contributed by atoms with Crippen molar-refractivity contribution in [2.45, 2.75) is 6.92 Å². The summed E-state index contributed by atoms with van der Waals surface area (Å²) in [5, 5.41) is 9.12. The van der Waals surface area contributed by atoms with Gasteiger partial charge < -0.3 is 10.7 Å². The second kappa shape index (κ2) is 3.83. The zero-order valence-electron chi connectivity index (χ0n) is 5.56. The van der Waals surface area contributed by atoms with Crippen LogP contribution in [-0.2, 0) is 4.79 Å². The second-order valence-electron chi connectivity index (χ2n) is 1.65. The van der Waals surface area contributed by atoms with Gasteiger partial charge in [-0.25, -0.2) is 0 Å². The predicted octanol–water partition coefficient (Wildman–Crippen LogP) is 0.328. The predicted molar refractivity (Wildman–Crippen MR) is 36.6 cm³/mol. The number of rotatable bonds is 2. The number of nitrogens with one attached hydrogen (secondary N) is 2. The Bertz CT molecular complexity index is 149. The number of carbonyl (C=O) groups excluding carboxylic acids is 1. The van der Waals surface area contributed by atoms with Gasteiger partial charge in [0, 0.05) is 19.3 Å². The van der Waals surface area contributed by atoms with E-state index in [1.165, 1.54) is 6.08 Å². The van der Waals surface area contributed by atoms with Gasteiger partial charge in [0.2, 0.25) is 5.91 Å². The van der Waals surface area contributed by atoms with E-state index in [2.05, 4.69) is 5.32 Å². The lowest BCUT2D eigenvalue weighted by molar-refractivity contribution is -0.116. The summed E-state index contributed by atoms with van der Waals surface area (Å²) in [6, 6.07) is 0. The molecule has 0 atom stereocenters. The van der Waals surface area contributed by atoms with Crippen LogP contribution in [0.15, 0.2) is 11.6 Å². The second-order valence-corrected chi connectivity index (χ2v) is 1.65. The van der Waals surface area contributed by atoms with Gasteiger partial charge in [-0.05, 0) is 12.5 Å². The molecule has 1 amide bonds. The number of amides is 1. The number of allylic oxidation sites excluding steroid dienone is 1. The molecule has 0 rings (SSSR count). The lowest BCUT2D eigenvalue weighted by Gasteiger charge is -1.89. The van der Waals surface area contributed by atoms with Crippen molar-refractivity contribution in [1.29, 1.82) is 5.41 Å². The van der Waals surface area contributed by atoms with Gasteiger partial charge in [-0.15, -0.1) is 0 Å². The van der Waals surface area contributed by atoms with E-state index in [9.17, 15) is 4.79 Å². The molecule has 0 aromatic rings. The molecule has 0 aliphatic heterocycles. The molecule has 2 N–H and O–H groups in total. The molecular formula is C6H10N2O. The van der Waals surface area contributed by atoms with Crippen molar-refractivity contribution in [1.82, 2.24) is 5.32 Å². The van der Waals surface area contributed by atoms with Crippen LogP contribution in [0.4, 0.5) is 0 Å². The highest BCUT2D eigenvalue weighted by Gasteiger charge is 1.88. The molecule has 0 fully saturated rings. The monoisotopic (exact) mass is 126 g/mol. The molecule has 0 aromatic heterocycles. The van der Waals surface area contributed by atoms with E-state index >= 15 is 0 Å². The third-order valence-corrected chi connectivity index (χ3v) is 0.833. The van der Waals surface area contributed by atoms with Crippen LogP contribution in [0.25, 0.3) is 0 Å². The minimum absolute atomic E-state index is 0.170. The van der Waals surface area contributed by atoms with E-state index in [-0.39, 0.29) is 5.91 Å². The highest BCUT2D eigenvalue weighted by molar-refractivity contribution is 5.93. The Morgan fingerprint density at radius 1 is 1.67 bits per heavy atom. The van der Waals surface area contributed by atoms with Gasteiger partial charge in [-0.1, -0.05) is 0 Å². The fraction of sp³-hybridized carbons (Fsp3) is 0.333. The number of hydrogen-bond donors (Lipinski definition) is 2. The SMILES string of the molecule is CNC(=O)/C=C(/C)C=N. The molecule has 50 valence electrons. The van der Waals surface area contributed by atoms with Crippen molar-refractivity contribution in [3.8, 4) is 0 Å². The summed E-state index contributed by atoms with van der Waals surface area (Å²) >= 11 is 0. The smallest absolute Gasteiger partial charge is 0.244 e. The van der Waals surface area contributed by atoms with Gasteiger partial charge in [0.1, 0.15) is 0 Å². The molecule has 9 heavy (non-hydrogen) atoms. The topological polar surface area (TPSA) is 53.0 Å². The normalized spacial score (nSPS) is 10.7. The van der Waals surface area contributed by atoms with Crippen molar-refractivity contribution in [3.63, 3.8) is 0 Å². The van der Waals surface area contributed by atoms with Crippen molar-refractivity contribution < 1.29 is 4.79 Å². The molecule has 0 saturated carbocycles. The first-order valence-corrected chi connectivity index (χ1v) is 2.61. The zero-order chi connectivity index (χ0) is 7.28. The number of likely N-dealkylation sites (N-methyl/N-ethyl adjacent to an activating group) is 1. The molecule has 0 aliphatic rings. The summed E-state index contributed by atoms with van der Waals surface area (Å²) in [5.41, 5.74) is 0.648. The summed E-state index contributed by atoms with van der Waals surface area (Å²) in [6.45, 7) is 1.70. The van der Waals surface area contributed by atoms with Gasteiger partial charge in [-0.2, -0.15) is 0 Å². The van der Waals surface area contributed by atoms with Crippen molar-refractivity contribution in [2.24, 2.45) is 0 Å². The maximum atomic E-state index is 10.5. The molecule has 0 bridgehead atoms. The molecule has 0 radical (unpaired) electrons. The molecule has 3 nitrogen and oxygen atoms in total. The van der Waals surface area contributed by atoms with Crippen LogP contribution < -0.4 is 5.32 Å². The summed E-state index contributed by atoms with van der Waals surface area (Å²) in [6.07, 6.45) is 2.50. The number of carbonyl (C=O) groups is 1. The van der Waals surface area contributed by atoms with Gasteiger partial charge in [0.15, 0.2) is 0 Å². The average Bonchev–Trinajstić information content (AvgIpc) is 1.87. The maximum absolute atomic E-state index is 10.5. The molecule has 0 saturated heterocycles. The first kappa shape index (κ1) is 7.88. The van der Waals surface area contributed by atoms with Crippen molar-refractivity contribution >= 4 is 12.1 Å². The quantitative estimate of drug-likeness (QED) is 0.406. The lowest BCUT2D eigenvalue weighted by atomic mass is 10.3. The Morgan fingerprint density at radius 2 is 2.22 bits per heavy atom. The molecule has 0 spiro atoms. The Balaban J connectivity index is 3.94. The average molecular weight is 126 g/mol. The summed E-state index contributed by atoms with van der Waals surface area (Å²) < 4.78 is 0. The Morgan fingerprint density at radius 3 is 2.56 bits per heavy atom. The van der Waals surface area contributed by atoms with Gasteiger partial charge in [0.05, 0.1) is 0 Å². The van der Waals surface area contributed by atoms with Crippen LogP contribution in [0.5, 0.6) is 0 Å². The summed E-state index contributed by atoms with van der Waals surface area (Å²) in [7, 11) is 1.55. The highest BCUT2D eigenvalue weighted by Crippen LogP contribution is 1.83.